The quantitative estimate of drug-likeness (QED) is 0.530. The van der Waals surface area contributed by atoms with Gasteiger partial charge in [0.15, 0.2) is 0 Å². The minimum Gasteiger partial charge on any atom is -0.352 e. The van der Waals surface area contributed by atoms with Crippen molar-refractivity contribution < 1.29 is 27.5 Å². The first-order valence-electron chi connectivity index (χ1n) is 9.76. The van der Waals surface area contributed by atoms with Crippen LogP contribution in [0.1, 0.15) is 46.4 Å². The summed E-state index contributed by atoms with van der Waals surface area (Å²) in [4.78, 5) is 23.9. The van der Waals surface area contributed by atoms with E-state index in [2.05, 4.69) is 15.4 Å². The molecule has 2 amide bonds. The fourth-order valence-corrected chi connectivity index (χ4v) is 2.90. The first kappa shape index (κ1) is 23.4. The number of rotatable bonds is 11. The summed E-state index contributed by atoms with van der Waals surface area (Å²) in [5.74, 6) is -0.542. The Labute approximate surface area is 173 Å². The van der Waals surface area contributed by atoms with E-state index in [1.807, 2.05) is 0 Å². The molecule has 0 fully saturated rings. The lowest BCUT2D eigenvalue weighted by atomic mass is 10.1. The zero-order valence-corrected chi connectivity index (χ0v) is 16.5. The standard InChI is InChI=1S/C22H25F3N2O3/c23-22(24,25)30-19(13-7-15-26-20(28)17-9-3-1-4-10-17)14-8-16-27-21(29)18-11-5-2-6-12-18/h1-6,9-12,19H,7-8,13-16H2,(H,26,28)(H,27,29). The minimum absolute atomic E-state index is 0.140. The van der Waals surface area contributed by atoms with Crippen LogP contribution in [0.4, 0.5) is 13.2 Å². The van der Waals surface area contributed by atoms with Crippen molar-refractivity contribution >= 4 is 11.8 Å². The smallest absolute Gasteiger partial charge is 0.352 e. The largest absolute Gasteiger partial charge is 0.522 e. The molecule has 0 saturated heterocycles. The van der Waals surface area contributed by atoms with Crippen LogP contribution >= 0.6 is 0 Å². The molecular formula is C22H25F3N2O3. The number of hydrogen-bond donors (Lipinski definition) is 2. The number of hydrogen-bond acceptors (Lipinski definition) is 3. The molecule has 162 valence electrons. The van der Waals surface area contributed by atoms with Crippen LogP contribution < -0.4 is 10.6 Å². The summed E-state index contributed by atoms with van der Waals surface area (Å²) in [6.45, 7) is 0.492. The molecule has 30 heavy (non-hydrogen) atoms. The van der Waals surface area contributed by atoms with Gasteiger partial charge >= 0.3 is 6.36 Å². The molecule has 0 spiro atoms. The lowest BCUT2D eigenvalue weighted by molar-refractivity contribution is -0.344. The second kappa shape index (κ2) is 12.0. The number of carbonyl (C=O) groups is 2. The van der Waals surface area contributed by atoms with E-state index in [9.17, 15) is 22.8 Å². The zero-order valence-electron chi connectivity index (χ0n) is 16.5. The molecule has 0 bridgehead atoms. The van der Waals surface area contributed by atoms with E-state index >= 15 is 0 Å². The molecule has 0 saturated carbocycles. The predicted molar refractivity (Wildman–Crippen MR) is 107 cm³/mol. The van der Waals surface area contributed by atoms with Crippen LogP contribution in [0.5, 0.6) is 0 Å². The van der Waals surface area contributed by atoms with Gasteiger partial charge in [0.1, 0.15) is 0 Å². The van der Waals surface area contributed by atoms with Gasteiger partial charge in [0.05, 0.1) is 6.10 Å². The van der Waals surface area contributed by atoms with E-state index in [1.165, 1.54) is 0 Å². The van der Waals surface area contributed by atoms with E-state index in [0.29, 0.717) is 24.0 Å². The van der Waals surface area contributed by atoms with Gasteiger partial charge in [-0.1, -0.05) is 36.4 Å². The maximum Gasteiger partial charge on any atom is 0.522 e. The summed E-state index contributed by atoms with van der Waals surface area (Å²) in [6.07, 6.45) is -4.80. The number of alkyl halides is 3. The third-order valence-corrected chi connectivity index (χ3v) is 4.35. The maximum atomic E-state index is 12.7. The molecule has 2 rings (SSSR count). The first-order valence-corrected chi connectivity index (χ1v) is 9.76. The number of amides is 2. The number of nitrogens with one attached hydrogen (secondary N) is 2. The minimum atomic E-state index is -4.73. The van der Waals surface area contributed by atoms with Crippen molar-refractivity contribution in [1.82, 2.24) is 10.6 Å². The number of halogens is 3. The lowest BCUT2D eigenvalue weighted by Crippen LogP contribution is -2.29. The van der Waals surface area contributed by atoms with E-state index in [0.717, 1.165) is 0 Å². The molecule has 0 aromatic heterocycles. The third kappa shape index (κ3) is 9.09. The van der Waals surface area contributed by atoms with Crippen molar-refractivity contribution in [3.8, 4) is 0 Å². The summed E-state index contributed by atoms with van der Waals surface area (Å²) < 4.78 is 42.2. The molecule has 2 aromatic rings. The second-order valence-electron chi connectivity index (χ2n) is 6.71. The van der Waals surface area contributed by atoms with Crippen molar-refractivity contribution in [2.45, 2.75) is 38.1 Å². The highest BCUT2D eigenvalue weighted by Crippen LogP contribution is 2.23. The molecule has 2 N–H and O–H groups in total. The van der Waals surface area contributed by atoms with Crippen LogP contribution in [0.3, 0.4) is 0 Å². The summed E-state index contributed by atoms with van der Waals surface area (Å²) in [6, 6.07) is 17.2. The average molecular weight is 422 g/mol. The Morgan fingerprint density at radius 2 is 1.17 bits per heavy atom. The average Bonchev–Trinajstić information content (AvgIpc) is 2.74. The Morgan fingerprint density at radius 3 is 1.53 bits per heavy atom. The lowest BCUT2D eigenvalue weighted by Gasteiger charge is -2.19. The monoisotopic (exact) mass is 422 g/mol. The van der Waals surface area contributed by atoms with E-state index in [-0.39, 0.29) is 37.7 Å². The van der Waals surface area contributed by atoms with E-state index in [1.54, 1.807) is 60.7 Å². The Balaban J connectivity index is 1.71. The zero-order chi connectivity index (χ0) is 21.8. The van der Waals surface area contributed by atoms with Crippen LogP contribution in [-0.4, -0.2) is 37.4 Å². The van der Waals surface area contributed by atoms with Gasteiger partial charge < -0.3 is 10.6 Å². The Hall–Kier alpha value is -2.87. The molecule has 0 aliphatic carbocycles. The van der Waals surface area contributed by atoms with Gasteiger partial charge in [-0.15, -0.1) is 13.2 Å². The fraction of sp³-hybridized carbons (Fsp3) is 0.364. The maximum absolute atomic E-state index is 12.7. The summed E-state index contributed by atoms with van der Waals surface area (Å²) >= 11 is 0. The van der Waals surface area contributed by atoms with Gasteiger partial charge in [-0.25, -0.2) is 0 Å². The van der Waals surface area contributed by atoms with Crippen LogP contribution in [-0.2, 0) is 4.74 Å². The molecule has 0 radical (unpaired) electrons. The summed E-state index contributed by atoms with van der Waals surface area (Å²) in [5.41, 5.74) is 0.990. The molecule has 0 heterocycles. The van der Waals surface area contributed by atoms with Crippen LogP contribution in [0, 0.1) is 0 Å². The molecular weight excluding hydrogens is 397 g/mol. The SMILES string of the molecule is O=C(NCCCC(CCCNC(=O)c1ccccc1)OC(F)(F)F)c1ccccc1. The van der Waals surface area contributed by atoms with Crippen molar-refractivity contribution in [3.05, 3.63) is 71.8 Å². The number of ether oxygens (including phenoxy) is 1. The molecule has 8 heteroatoms. The highest BCUT2D eigenvalue weighted by Gasteiger charge is 2.33. The molecule has 0 unspecified atom stereocenters. The topological polar surface area (TPSA) is 67.4 Å². The second-order valence-corrected chi connectivity index (χ2v) is 6.71. The number of carbonyl (C=O) groups excluding carboxylic acids is 2. The molecule has 0 aliphatic rings. The van der Waals surface area contributed by atoms with Gasteiger partial charge in [-0.05, 0) is 49.9 Å². The van der Waals surface area contributed by atoms with Crippen LogP contribution in [0.2, 0.25) is 0 Å². The van der Waals surface area contributed by atoms with Gasteiger partial charge in [-0.2, -0.15) is 0 Å². The van der Waals surface area contributed by atoms with Gasteiger partial charge in [0, 0.05) is 24.2 Å². The third-order valence-electron chi connectivity index (χ3n) is 4.35. The molecule has 5 nitrogen and oxygen atoms in total. The highest BCUT2D eigenvalue weighted by atomic mass is 19.4. The van der Waals surface area contributed by atoms with E-state index in [4.69, 9.17) is 0 Å². The first-order chi connectivity index (χ1) is 14.3. The highest BCUT2D eigenvalue weighted by molar-refractivity contribution is 5.94. The Bertz CT molecular complexity index is 724. The van der Waals surface area contributed by atoms with Crippen LogP contribution in [0.15, 0.2) is 60.7 Å². The predicted octanol–water partition coefficient (Wildman–Crippen LogP) is 4.31. The summed E-state index contributed by atoms with van der Waals surface area (Å²) in [5, 5.41) is 5.37. The fourth-order valence-electron chi connectivity index (χ4n) is 2.90. The Morgan fingerprint density at radius 1 is 0.767 bits per heavy atom. The van der Waals surface area contributed by atoms with Gasteiger partial charge in [0.25, 0.3) is 11.8 Å². The molecule has 2 aromatic carbocycles. The van der Waals surface area contributed by atoms with Crippen molar-refractivity contribution in [3.63, 3.8) is 0 Å². The van der Waals surface area contributed by atoms with E-state index < -0.39 is 12.5 Å². The van der Waals surface area contributed by atoms with Crippen molar-refractivity contribution in [1.29, 1.82) is 0 Å². The molecule has 0 aliphatic heterocycles. The van der Waals surface area contributed by atoms with Gasteiger partial charge in [0.2, 0.25) is 0 Å². The molecule has 0 atom stereocenters. The van der Waals surface area contributed by atoms with Crippen LogP contribution in [0.25, 0.3) is 0 Å². The number of benzene rings is 2. The Kier molecular flexibility index (Phi) is 9.34. The summed E-state index contributed by atoms with van der Waals surface area (Å²) in [7, 11) is 0. The van der Waals surface area contributed by atoms with Crippen molar-refractivity contribution in [2.75, 3.05) is 13.1 Å². The normalized spacial score (nSPS) is 11.3. The van der Waals surface area contributed by atoms with Crippen molar-refractivity contribution in [2.24, 2.45) is 0 Å². The van der Waals surface area contributed by atoms with Gasteiger partial charge in [-0.3, -0.25) is 14.3 Å².